The van der Waals surface area contributed by atoms with Crippen molar-refractivity contribution < 1.29 is 27.5 Å². The summed E-state index contributed by atoms with van der Waals surface area (Å²) in [6.45, 7) is 0.921. The molecule has 1 aliphatic heterocycles. The summed E-state index contributed by atoms with van der Waals surface area (Å²) in [6, 6.07) is 2.59. The van der Waals surface area contributed by atoms with Gasteiger partial charge in [-0.3, -0.25) is 9.69 Å². The fourth-order valence-electron chi connectivity index (χ4n) is 2.50. The van der Waals surface area contributed by atoms with E-state index in [0.29, 0.717) is 0 Å². The Bertz CT molecular complexity index is 562. The van der Waals surface area contributed by atoms with Crippen LogP contribution in [-0.4, -0.2) is 59.2 Å². The minimum Gasteiger partial charge on any atom is -0.507 e. The molecule has 1 N–H and O–H groups in total. The first-order valence-electron chi connectivity index (χ1n) is 6.76. The number of benzene rings is 1. The van der Waals surface area contributed by atoms with Crippen LogP contribution in [0.4, 0.5) is 17.6 Å². The van der Waals surface area contributed by atoms with Crippen LogP contribution in [0.15, 0.2) is 18.2 Å². The van der Waals surface area contributed by atoms with E-state index in [0.717, 1.165) is 12.1 Å². The Balaban J connectivity index is 2.05. The second-order valence-electron chi connectivity index (χ2n) is 5.35. The van der Waals surface area contributed by atoms with Crippen LogP contribution in [0.1, 0.15) is 17.3 Å². The molecule has 0 aromatic heterocycles. The van der Waals surface area contributed by atoms with Gasteiger partial charge < -0.3 is 10.0 Å². The molecule has 122 valence electrons. The molecule has 1 aromatic carbocycles. The Labute approximate surface area is 124 Å². The highest BCUT2D eigenvalue weighted by Crippen LogP contribution is 2.23. The number of phenols is 1. The van der Waals surface area contributed by atoms with Crippen LogP contribution in [0.5, 0.6) is 5.75 Å². The average Bonchev–Trinajstić information content (AvgIpc) is 2.39. The molecule has 8 heteroatoms. The third-order valence-electron chi connectivity index (χ3n) is 3.62. The maximum atomic E-state index is 12.9. The number of piperazine rings is 1. The predicted molar refractivity (Wildman–Crippen MR) is 71.1 cm³/mol. The molecular formula is C14H16F4N2O2. The molecule has 1 amide bonds. The molecule has 0 bridgehead atoms. The van der Waals surface area contributed by atoms with Crippen LogP contribution in [0.2, 0.25) is 0 Å². The summed E-state index contributed by atoms with van der Waals surface area (Å²) in [6.07, 6.45) is -4.28. The number of alkyl halides is 3. The molecular weight excluding hydrogens is 304 g/mol. The van der Waals surface area contributed by atoms with Crippen LogP contribution in [0.3, 0.4) is 0 Å². The molecule has 0 radical (unpaired) electrons. The molecule has 1 atom stereocenters. The number of carbonyl (C=O) groups excluding carboxylic acids is 1. The molecule has 1 heterocycles. The van der Waals surface area contributed by atoms with E-state index >= 15 is 0 Å². The second-order valence-corrected chi connectivity index (χ2v) is 5.35. The average molecular weight is 320 g/mol. The van der Waals surface area contributed by atoms with Crippen molar-refractivity contribution in [2.24, 2.45) is 0 Å². The first-order chi connectivity index (χ1) is 10.2. The van der Waals surface area contributed by atoms with Gasteiger partial charge in [0.2, 0.25) is 0 Å². The Hall–Kier alpha value is -1.83. The standard InChI is InChI=1S/C14H16F4N2O2/c1-9-7-19(4-5-20(9)8-14(16,17)18)13(22)11-3-2-10(15)6-12(11)21/h2-3,6,9,21H,4-5,7-8H2,1H3/t9-/m0/s1. The number of phenolic OH excluding ortho intramolecular Hbond substituents is 1. The fraction of sp³-hybridized carbons (Fsp3) is 0.500. The van der Waals surface area contributed by atoms with Gasteiger partial charge in [-0.05, 0) is 19.1 Å². The van der Waals surface area contributed by atoms with Gasteiger partial charge in [0.25, 0.3) is 5.91 Å². The van der Waals surface area contributed by atoms with E-state index in [1.165, 1.54) is 15.9 Å². The van der Waals surface area contributed by atoms with E-state index in [1.807, 2.05) is 0 Å². The van der Waals surface area contributed by atoms with Gasteiger partial charge in [0.1, 0.15) is 11.6 Å². The van der Waals surface area contributed by atoms with Gasteiger partial charge in [-0.15, -0.1) is 0 Å². The Kier molecular flexibility index (Phi) is 4.60. The first-order valence-corrected chi connectivity index (χ1v) is 6.76. The molecule has 22 heavy (non-hydrogen) atoms. The van der Waals surface area contributed by atoms with E-state index in [2.05, 4.69) is 0 Å². The van der Waals surface area contributed by atoms with Gasteiger partial charge in [-0.25, -0.2) is 4.39 Å². The monoisotopic (exact) mass is 320 g/mol. The van der Waals surface area contributed by atoms with E-state index in [1.54, 1.807) is 6.92 Å². The molecule has 0 unspecified atom stereocenters. The molecule has 1 fully saturated rings. The summed E-state index contributed by atoms with van der Waals surface area (Å²) in [4.78, 5) is 14.9. The van der Waals surface area contributed by atoms with Crippen molar-refractivity contribution in [3.8, 4) is 5.75 Å². The zero-order chi connectivity index (χ0) is 16.5. The SMILES string of the molecule is C[C@H]1CN(C(=O)c2ccc(F)cc2O)CCN1CC(F)(F)F. The molecule has 0 spiro atoms. The van der Waals surface area contributed by atoms with Gasteiger partial charge in [0.05, 0.1) is 12.1 Å². The van der Waals surface area contributed by atoms with E-state index < -0.39 is 36.2 Å². The number of rotatable bonds is 2. The van der Waals surface area contributed by atoms with Crippen molar-refractivity contribution >= 4 is 5.91 Å². The van der Waals surface area contributed by atoms with Crippen molar-refractivity contribution in [3.63, 3.8) is 0 Å². The molecule has 2 rings (SSSR count). The van der Waals surface area contributed by atoms with E-state index in [-0.39, 0.29) is 25.2 Å². The number of hydrogen-bond acceptors (Lipinski definition) is 3. The first kappa shape index (κ1) is 16.5. The molecule has 1 aromatic rings. The minimum absolute atomic E-state index is 0.0575. The van der Waals surface area contributed by atoms with Crippen molar-refractivity contribution in [3.05, 3.63) is 29.6 Å². The lowest BCUT2D eigenvalue weighted by atomic mass is 10.1. The minimum atomic E-state index is -4.28. The lowest BCUT2D eigenvalue weighted by Gasteiger charge is -2.40. The maximum Gasteiger partial charge on any atom is 0.401 e. The number of aromatic hydroxyl groups is 1. The van der Waals surface area contributed by atoms with Crippen LogP contribution in [0, 0.1) is 5.82 Å². The summed E-state index contributed by atoms with van der Waals surface area (Å²) >= 11 is 0. The van der Waals surface area contributed by atoms with Crippen LogP contribution >= 0.6 is 0 Å². The Morgan fingerprint density at radius 2 is 2.05 bits per heavy atom. The predicted octanol–water partition coefficient (Wildman–Crippen LogP) is 2.24. The summed E-state index contributed by atoms with van der Waals surface area (Å²) in [7, 11) is 0. The summed E-state index contributed by atoms with van der Waals surface area (Å²) in [5, 5.41) is 9.62. The van der Waals surface area contributed by atoms with E-state index in [9.17, 15) is 27.5 Å². The second kappa shape index (κ2) is 6.12. The van der Waals surface area contributed by atoms with Gasteiger partial charge >= 0.3 is 6.18 Å². The highest BCUT2D eigenvalue weighted by molar-refractivity contribution is 5.96. The maximum absolute atomic E-state index is 12.9. The Morgan fingerprint density at radius 3 is 2.59 bits per heavy atom. The van der Waals surface area contributed by atoms with Gasteiger partial charge in [-0.2, -0.15) is 13.2 Å². The van der Waals surface area contributed by atoms with Crippen molar-refractivity contribution in [1.29, 1.82) is 0 Å². The van der Waals surface area contributed by atoms with Crippen LogP contribution in [0.25, 0.3) is 0 Å². The summed E-state index contributed by atoms with van der Waals surface area (Å²) in [5.74, 6) is -1.66. The normalized spacial score (nSPS) is 20.2. The highest BCUT2D eigenvalue weighted by atomic mass is 19.4. The molecule has 1 aliphatic rings. The Morgan fingerprint density at radius 1 is 1.36 bits per heavy atom. The lowest BCUT2D eigenvalue weighted by Crippen LogP contribution is -2.55. The van der Waals surface area contributed by atoms with Gasteiger partial charge in [0, 0.05) is 31.7 Å². The smallest absolute Gasteiger partial charge is 0.401 e. The van der Waals surface area contributed by atoms with E-state index in [4.69, 9.17) is 0 Å². The number of halogens is 4. The third kappa shape index (κ3) is 3.88. The largest absolute Gasteiger partial charge is 0.507 e. The number of nitrogens with zero attached hydrogens (tertiary/aromatic N) is 2. The van der Waals surface area contributed by atoms with Gasteiger partial charge in [0.15, 0.2) is 0 Å². The van der Waals surface area contributed by atoms with Crippen LogP contribution in [-0.2, 0) is 0 Å². The zero-order valence-corrected chi connectivity index (χ0v) is 11.9. The topological polar surface area (TPSA) is 43.8 Å². The quantitative estimate of drug-likeness (QED) is 0.850. The van der Waals surface area contributed by atoms with Crippen molar-refractivity contribution in [2.75, 3.05) is 26.2 Å². The number of carbonyl (C=O) groups is 1. The lowest BCUT2D eigenvalue weighted by molar-refractivity contribution is -0.153. The van der Waals surface area contributed by atoms with Crippen LogP contribution < -0.4 is 0 Å². The molecule has 0 aliphatic carbocycles. The summed E-state index contributed by atoms with van der Waals surface area (Å²) in [5.41, 5.74) is -0.0575. The third-order valence-corrected chi connectivity index (χ3v) is 3.62. The molecule has 0 saturated carbocycles. The molecule has 4 nitrogen and oxygen atoms in total. The summed E-state index contributed by atoms with van der Waals surface area (Å²) < 4.78 is 50.2. The zero-order valence-electron chi connectivity index (χ0n) is 11.9. The molecule has 1 saturated heterocycles. The number of amides is 1. The van der Waals surface area contributed by atoms with Crippen molar-refractivity contribution in [2.45, 2.75) is 19.1 Å². The fourth-order valence-corrected chi connectivity index (χ4v) is 2.50. The van der Waals surface area contributed by atoms with Gasteiger partial charge in [-0.1, -0.05) is 0 Å². The van der Waals surface area contributed by atoms with Crippen molar-refractivity contribution in [1.82, 2.24) is 9.80 Å². The highest BCUT2D eigenvalue weighted by Gasteiger charge is 2.36. The number of hydrogen-bond donors (Lipinski definition) is 1.